The Balaban J connectivity index is 1.85. The number of aliphatic hydroxyl groups is 1. The number of aliphatic hydroxyl groups excluding tert-OH is 1. The van der Waals surface area contributed by atoms with Crippen molar-refractivity contribution < 1.29 is 18.3 Å². The molecule has 0 radical (unpaired) electrons. The van der Waals surface area contributed by atoms with E-state index in [4.69, 9.17) is 0 Å². The molecule has 1 aromatic rings. The van der Waals surface area contributed by atoms with Crippen LogP contribution < -0.4 is 4.72 Å². The topological polar surface area (TPSA) is 86.7 Å². The molecule has 0 aliphatic carbocycles. The van der Waals surface area contributed by atoms with E-state index in [0.29, 0.717) is 6.54 Å². The normalized spacial score (nSPS) is 22.7. The standard InChI is InChI=1S/C13H20N2O4S2/c1-10-5-7-15(11(10)9-16)12(17)4-6-14-21(18,19)13-3-2-8-20-13/h2-3,8,10-11,14,16H,4-7,9H2,1H3. The molecule has 2 N–H and O–H groups in total. The molecule has 1 saturated heterocycles. The van der Waals surface area contributed by atoms with E-state index >= 15 is 0 Å². The van der Waals surface area contributed by atoms with E-state index in [1.807, 2.05) is 6.92 Å². The molecule has 0 spiro atoms. The zero-order valence-corrected chi connectivity index (χ0v) is 13.5. The summed E-state index contributed by atoms with van der Waals surface area (Å²) in [7, 11) is -3.52. The summed E-state index contributed by atoms with van der Waals surface area (Å²) in [4.78, 5) is 13.8. The van der Waals surface area contributed by atoms with Gasteiger partial charge in [-0.1, -0.05) is 13.0 Å². The van der Waals surface area contributed by atoms with Crippen LogP contribution in [0, 0.1) is 5.92 Å². The molecule has 1 fully saturated rings. The molecule has 118 valence electrons. The number of nitrogens with zero attached hydrogens (tertiary/aromatic N) is 1. The molecule has 1 amide bonds. The van der Waals surface area contributed by atoms with Crippen LogP contribution in [0.1, 0.15) is 19.8 Å². The number of likely N-dealkylation sites (tertiary alicyclic amines) is 1. The van der Waals surface area contributed by atoms with E-state index in [9.17, 15) is 18.3 Å². The minimum atomic E-state index is -3.52. The average molecular weight is 332 g/mol. The van der Waals surface area contributed by atoms with Gasteiger partial charge in [-0.05, 0) is 23.8 Å². The molecule has 0 aromatic carbocycles. The van der Waals surface area contributed by atoms with Crippen LogP contribution in [-0.2, 0) is 14.8 Å². The number of hydrogen-bond donors (Lipinski definition) is 2. The van der Waals surface area contributed by atoms with Crippen molar-refractivity contribution in [1.29, 1.82) is 0 Å². The van der Waals surface area contributed by atoms with Crippen molar-refractivity contribution in [3.05, 3.63) is 17.5 Å². The smallest absolute Gasteiger partial charge is 0.250 e. The first-order valence-electron chi connectivity index (χ1n) is 6.89. The van der Waals surface area contributed by atoms with Gasteiger partial charge in [0.1, 0.15) is 4.21 Å². The number of sulfonamides is 1. The van der Waals surface area contributed by atoms with Crippen molar-refractivity contribution in [2.24, 2.45) is 5.92 Å². The van der Waals surface area contributed by atoms with E-state index < -0.39 is 10.0 Å². The van der Waals surface area contributed by atoms with Gasteiger partial charge in [-0.15, -0.1) is 11.3 Å². The zero-order valence-electron chi connectivity index (χ0n) is 11.9. The van der Waals surface area contributed by atoms with Gasteiger partial charge in [0, 0.05) is 19.5 Å². The Kier molecular flexibility index (Phi) is 5.37. The van der Waals surface area contributed by atoms with E-state index in [2.05, 4.69) is 4.72 Å². The molecule has 1 aromatic heterocycles. The van der Waals surface area contributed by atoms with Gasteiger partial charge >= 0.3 is 0 Å². The fourth-order valence-corrected chi connectivity index (χ4v) is 4.59. The molecule has 2 unspecified atom stereocenters. The molecule has 2 atom stereocenters. The molecule has 2 rings (SSSR count). The lowest BCUT2D eigenvalue weighted by molar-refractivity contribution is -0.132. The molecular weight excluding hydrogens is 312 g/mol. The number of carbonyl (C=O) groups is 1. The fraction of sp³-hybridized carbons (Fsp3) is 0.615. The largest absolute Gasteiger partial charge is 0.394 e. The summed E-state index contributed by atoms with van der Waals surface area (Å²) in [6.07, 6.45) is 0.978. The lowest BCUT2D eigenvalue weighted by Gasteiger charge is -2.25. The second-order valence-electron chi connectivity index (χ2n) is 5.18. The SMILES string of the molecule is CC1CCN(C(=O)CCNS(=O)(=O)c2cccs2)C1CO. The predicted octanol–water partition coefficient (Wildman–Crippen LogP) is 0.646. The number of rotatable bonds is 6. The lowest BCUT2D eigenvalue weighted by Crippen LogP contribution is -2.41. The number of hydrogen-bond acceptors (Lipinski definition) is 5. The van der Waals surface area contributed by atoms with Crippen molar-refractivity contribution in [3.63, 3.8) is 0 Å². The quantitative estimate of drug-likeness (QED) is 0.801. The Morgan fingerprint density at radius 3 is 2.95 bits per heavy atom. The molecular formula is C13H20N2O4S2. The molecule has 21 heavy (non-hydrogen) atoms. The monoisotopic (exact) mass is 332 g/mol. The van der Waals surface area contributed by atoms with E-state index in [1.54, 1.807) is 16.3 Å². The third-order valence-corrected chi connectivity index (χ3v) is 6.64. The summed E-state index contributed by atoms with van der Waals surface area (Å²) in [5, 5.41) is 11.0. The first-order chi connectivity index (χ1) is 9.95. The van der Waals surface area contributed by atoms with Gasteiger partial charge in [-0.2, -0.15) is 0 Å². The van der Waals surface area contributed by atoms with Gasteiger partial charge in [0.15, 0.2) is 0 Å². The maximum absolute atomic E-state index is 12.1. The minimum absolute atomic E-state index is 0.0478. The van der Waals surface area contributed by atoms with Gasteiger partial charge < -0.3 is 10.0 Å². The molecule has 2 heterocycles. The third-order valence-electron chi connectivity index (χ3n) is 3.78. The van der Waals surface area contributed by atoms with Crippen molar-refractivity contribution in [2.45, 2.75) is 30.0 Å². The van der Waals surface area contributed by atoms with Gasteiger partial charge in [0.05, 0.1) is 12.6 Å². The van der Waals surface area contributed by atoms with Crippen LogP contribution in [-0.4, -0.2) is 50.1 Å². The highest BCUT2D eigenvalue weighted by Crippen LogP contribution is 2.24. The first kappa shape index (κ1) is 16.4. The van der Waals surface area contributed by atoms with Crippen LogP contribution in [0.2, 0.25) is 0 Å². The Hall–Kier alpha value is -0.960. The summed E-state index contributed by atoms with van der Waals surface area (Å²) < 4.78 is 26.5. The molecule has 1 aliphatic heterocycles. The number of thiophene rings is 1. The Labute approximate surface area is 128 Å². The van der Waals surface area contributed by atoms with E-state index in [1.165, 1.54) is 6.07 Å². The minimum Gasteiger partial charge on any atom is -0.394 e. The lowest BCUT2D eigenvalue weighted by atomic mass is 10.0. The maximum Gasteiger partial charge on any atom is 0.250 e. The molecule has 6 nitrogen and oxygen atoms in total. The predicted molar refractivity (Wildman–Crippen MR) is 80.5 cm³/mol. The van der Waals surface area contributed by atoms with Gasteiger partial charge in [-0.25, -0.2) is 13.1 Å². The fourth-order valence-electron chi connectivity index (χ4n) is 2.52. The van der Waals surface area contributed by atoms with Crippen molar-refractivity contribution in [2.75, 3.05) is 19.7 Å². The van der Waals surface area contributed by atoms with Crippen molar-refractivity contribution >= 4 is 27.3 Å². The summed E-state index contributed by atoms with van der Waals surface area (Å²) in [6.45, 7) is 2.66. The van der Waals surface area contributed by atoms with Gasteiger partial charge in [-0.3, -0.25) is 4.79 Å². The maximum atomic E-state index is 12.1. The Morgan fingerprint density at radius 2 is 2.33 bits per heavy atom. The highest BCUT2D eigenvalue weighted by atomic mass is 32.2. The van der Waals surface area contributed by atoms with Crippen molar-refractivity contribution in [1.82, 2.24) is 9.62 Å². The number of carbonyl (C=O) groups excluding carboxylic acids is 1. The first-order valence-corrected chi connectivity index (χ1v) is 9.25. The van der Waals surface area contributed by atoms with Crippen molar-refractivity contribution in [3.8, 4) is 0 Å². The van der Waals surface area contributed by atoms with E-state index in [-0.39, 0.29) is 41.6 Å². The second kappa shape index (κ2) is 6.87. The van der Waals surface area contributed by atoms with E-state index in [0.717, 1.165) is 17.8 Å². The second-order valence-corrected chi connectivity index (χ2v) is 8.12. The van der Waals surface area contributed by atoms with Crippen LogP contribution in [0.25, 0.3) is 0 Å². The van der Waals surface area contributed by atoms with Gasteiger partial charge in [0.25, 0.3) is 0 Å². The molecule has 0 saturated carbocycles. The third kappa shape index (κ3) is 3.82. The summed E-state index contributed by atoms with van der Waals surface area (Å²) in [5.74, 6) is 0.161. The Bertz CT molecular complexity index is 571. The van der Waals surface area contributed by atoms with Crippen LogP contribution in [0.15, 0.2) is 21.7 Å². The Morgan fingerprint density at radius 1 is 1.57 bits per heavy atom. The zero-order chi connectivity index (χ0) is 15.5. The highest BCUT2D eigenvalue weighted by Gasteiger charge is 2.33. The van der Waals surface area contributed by atoms with Crippen LogP contribution in [0.4, 0.5) is 0 Å². The number of amides is 1. The summed E-state index contributed by atoms with van der Waals surface area (Å²) in [5.41, 5.74) is 0. The van der Waals surface area contributed by atoms with Gasteiger partial charge in [0.2, 0.25) is 15.9 Å². The van der Waals surface area contributed by atoms with Crippen LogP contribution >= 0.6 is 11.3 Å². The number of nitrogens with one attached hydrogen (secondary N) is 1. The highest BCUT2D eigenvalue weighted by molar-refractivity contribution is 7.91. The molecule has 1 aliphatic rings. The van der Waals surface area contributed by atoms with Crippen LogP contribution in [0.3, 0.4) is 0 Å². The molecule has 0 bridgehead atoms. The summed E-state index contributed by atoms with van der Waals surface area (Å²) >= 11 is 1.14. The van der Waals surface area contributed by atoms with Crippen LogP contribution in [0.5, 0.6) is 0 Å². The molecule has 8 heteroatoms. The summed E-state index contributed by atoms with van der Waals surface area (Å²) in [6, 6.07) is 3.05. The average Bonchev–Trinajstić information content (AvgIpc) is 3.07.